The Kier molecular flexibility index (Phi) is 14.2. The molecule has 0 aliphatic carbocycles. The lowest BCUT2D eigenvalue weighted by Gasteiger charge is -2.38. The van der Waals surface area contributed by atoms with E-state index in [0.717, 1.165) is 33.4 Å². The smallest absolute Gasteiger partial charge is 0.306 e. The van der Waals surface area contributed by atoms with Crippen molar-refractivity contribution in [2.75, 3.05) is 34.4 Å². The Labute approximate surface area is 331 Å². The van der Waals surface area contributed by atoms with Gasteiger partial charge in [-0.2, -0.15) is 0 Å². The first-order valence-corrected chi connectivity index (χ1v) is 19.4. The third kappa shape index (κ3) is 9.71. The van der Waals surface area contributed by atoms with Crippen LogP contribution in [0.5, 0.6) is 17.2 Å². The summed E-state index contributed by atoms with van der Waals surface area (Å²) in [7, 11) is 4.77. The number of aromatic hydroxyl groups is 1. The van der Waals surface area contributed by atoms with Crippen molar-refractivity contribution in [1.29, 1.82) is 0 Å². The molecular formula is C46H56N2O8. The molecule has 0 aromatic heterocycles. The third-order valence-corrected chi connectivity index (χ3v) is 10.6. The van der Waals surface area contributed by atoms with Gasteiger partial charge in [0.25, 0.3) is 0 Å². The van der Waals surface area contributed by atoms with Gasteiger partial charge in [-0.3, -0.25) is 14.4 Å². The molecule has 4 aromatic carbocycles. The largest absolute Gasteiger partial charge is 0.508 e. The number of nitrogens with one attached hydrogen (secondary N) is 1. The highest BCUT2D eigenvalue weighted by molar-refractivity contribution is 5.81. The molecule has 1 aliphatic heterocycles. The molecule has 2 unspecified atom stereocenters. The number of nitrogens with zero attached hydrogens (tertiary/aromatic N) is 1. The van der Waals surface area contributed by atoms with Crippen LogP contribution in [0.3, 0.4) is 0 Å². The number of ether oxygens (including phenoxy) is 4. The van der Waals surface area contributed by atoms with Crippen LogP contribution < -0.4 is 14.8 Å². The molecule has 2 N–H and O–H groups in total. The Balaban J connectivity index is 1.48. The Morgan fingerprint density at radius 2 is 1.34 bits per heavy atom. The number of hydrogen-bond donors (Lipinski definition) is 2. The van der Waals surface area contributed by atoms with Gasteiger partial charge in [-0.25, -0.2) is 0 Å². The van der Waals surface area contributed by atoms with Gasteiger partial charge in [0.05, 0.1) is 39.8 Å². The summed E-state index contributed by atoms with van der Waals surface area (Å²) >= 11 is 0. The second-order valence-corrected chi connectivity index (χ2v) is 15.0. The molecular weight excluding hydrogens is 709 g/mol. The fourth-order valence-electron chi connectivity index (χ4n) is 7.56. The van der Waals surface area contributed by atoms with E-state index in [2.05, 4.69) is 33.0 Å². The zero-order chi connectivity index (χ0) is 40.4. The number of methoxy groups -OCH3 is 2. The maximum Gasteiger partial charge on any atom is 0.306 e. The number of carbonyl (C=O) groups is 3. The van der Waals surface area contributed by atoms with Crippen molar-refractivity contribution >= 4 is 17.8 Å². The minimum Gasteiger partial charge on any atom is -0.508 e. The molecule has 2 amide bonds. The number of rotatable bonds is 17. The molecule has 5 rings (SSSR count). The zero-order valence-corrected chi connectivity index (χ0v) is 33.7. The third-order valence-electron chi connectivity index (χ3n) is 10.6. The summed E-state index contributed by atoms with van der Waals surface area (Å²) in [6, 6.07) is 28.8. The number of phenolic OH excluding ortho intramolecular Hbond substituents is 1. The molecule has 0 radical (unpaired) electrons. The fourth-order valence-corrected chi connectivity index (χ4v) is 7.56. The van der Waals surface area contributed by atoms with Crippen LogP contribution in [-0.2, 0) is 35.9 Å². The number of benzene rings is 4. The number of aryl methyl sites for hydroxylation is 1. The Morgan fingerprint density at radius 1 is 0.786 bits per heavy atom. The van der Waals surface area contributed by atoms with E-state index in [0.29, 0.717) is 24.3 Å². The number of amides is 2. The molecule has 0 spiro atoms. The maximum atomic E-state index is 14.3. The van der Waals surface area contributed by atoms with E-state index in [4.69, 9.17) is 18.9 Å². The molecule has 0 saturated carbocycles. The van der Waals surface area contributed by atoms with Crippen molar-refractivity contribution in [3.8, 4) is 17.2 Å². The van der Waals surface area contributed by atoms with E-state index in [1.807, 2.05) is 91.0 Å². The van der Waals surface area contributed by atoms with Gasteiger partial charge >= 0.3 is 5.97 Å². The molecule has 1 saturated heterocycles. The summed E-state index contributed by atoms with van der Waals surface area (Å²) in [6.07, 6.45) is 0.179. The summed E-state index contributed by atoms with van der Waals surface area (Å²) in [5, 5.41) is 13.6. The second-order valence-electron chi connectivity index (χ2n) is 15.0. The number of carbonyl (C=O) groups excluding carboxylic acids is 3. The molecule has 0 bridgehead atoms. The van der Waals surface area contributed by atoms with Crippen LogP contribution in [0.25, 0.3) is 0 Å². The van der Waals surface area contributed by atoms with Crippen LogP contribution in [0.4, 0.5) is 0 Å². The van der Waals surface area contributed by atoms with Crippen LogP contribution in [0.1, 0.15) is 98.6 Å². The Bertz CT molecular complexity index is 1880. The number of esters is 1. The first-order valence-electron chi connectivity index (χ1n) is 19.4. The van der Waals surface area contributed by atoms with Crippen molar-refractivity contribution in [3.63, 3.8) is 0 Å². The quantitative estimate of drug-likeness (QED) is 0.0832. The van der Waals surface area contributed by atoms with Gasteiger partial charge in [0.2, 0.25) is 11.8 Å². The fraction of sp³-hybridized carbons (Fsp3) is 0.413. The summed E-state index contributed by atoms with van der Waals surface area (Å²) in [5.74, 6) is 1.18. The summed E-state index contributed by atoms with van der Waals surface area (Å²) in [5.41, 5.74) is 4.44. The van der Waals surface area contributed by atoms with E-state index in [9.17, 15) is 19.5 Å². The molecule has 56 heavy (non-hydrogen) atoms. The number of likely N-dealkylation sites (tertiary alicyclic amines) is 1. The topological polar surface area (TPSA) is 124 Å². The van der Waals surface area contributed by atoms with Gasteiger partial charge in [0, 0.05) is 26.3 Å². The van der Waals surface area contributed by atoms with Gasteiger partial charge in [0.1, 0.15) is 29.0 Å². The minimum atomic E-state index is -1.12. The molecule has 2 atom stereocenters. The highest BCUT2D eigenvalue weighted by Gasteiger charge is 2.42. The number of phenols is 1. The Morgan fingerprint density at radius 3 is 1.88 bits per heavy atom. The summed E-state index contributed by atoms with van der Waals surface area (Å²) in [4.78, 5) is 40.8. The van der Waals surface area contributed by atoms with Crippen LogP contribution in [0, 0.1) is 0 Å². The predicted molar refractivity (Wildman–Crippen MR) is 216 cm³/mol. The first kappa shape index (κ1) is 41.8. The summed E-state index contributed by atoms with van der Waals surface area (Å²) < 4.78 is 24.1. The van der Waals surface area contributed by atoms with E-state index in [1.165, 1.54) is 7.05 Å². The van der Waals surface area contributed by atoms with Gasteiger partial charge in [-0.15, -0.1) is 0 Å². The van der Waals surface area contributed by atoms with E-state index in [1.54, 1.807) is 19.1 Å². The van der Waals surface area contributed by atoms with Crippen molar-refractivity contribution < 1.29 is 38.4 Å². The van der Waals surface area contributed by atoms with E-state index >= 15 is 0 Å². The van der Waals surface area contributed by atoms with Gasteiger partial charge < -0.3 is 34.3 Å². The van der Waals surface area contributed by atoms with Crippen LogP contribution >= 0.6 is 0 Å². The first-order chi connectivity index (χ1) is 26.9. The van der Waals surface area contributed by atoms with Crippen molar-refractivity contribution in [2.24, 2.45) is 0 Å². The lowest BCUT2D eigenvalue weighted by atomic mass is 9.80. The van der Waals surface area contributed by atoms with Crippen LogP contribution in [0.2, 0.25) is 0 Å². The normalized spacial score (nSPS) is 15.6. The van der Waals surface area contributed by atoms with Gasteiger partial charge in [-0.1, -0.05) is 88.4 Å². The Hall–Kier alpha value is -5.35. The molecule has 1 heterocycles. The van der Waals surface area contributed by atoms with Crippen molar-refractivity contribution in [3.05, 3.63) is 124 Å². The minimum absolute atomic E-state index is 0.0119. The predicted octanol–water partition coefficient (Wildman–Crippen LogP) is 7.64. The monoisotopic (exact) mass is 764 g/mol. The van der Waals surface area contributed by atoms with E-state index < -0.39 is 23.7 Å². The highest BCUT2D eigenvalue weighted by atomic mass is 16.5. The molecule has 298 valence electrons. The van der Waals surface area contributed by atoms with Gasteiger partial charge in [0.15, 0.2) is 0 Å². The SMILES string of the molecule is CNC(=O)CCC(=O)OC1CC(COC(c2ccccc2)(c2ccc(OC)cc2)c2ccc(OC)cc2)N(C(=O)CCc2cc(C(C)C)c(C(C)C)cc2O)C1. The average molecular weight is 765 g/mol. The van der Waals surface area contributed by atoms with Crippen LogP contribution in [-0.4, -0.2) is 74.4 Å². The second kappa shape index (κ2) is 19.0. The standard InChI is InChI=1S/C46H56N2O8/c1-30(2)40-25-32(42(49)27-41(40)31(3)4)13-23-44(51)48-28-39(56-45(52)24-22-43(50)47-5)26-36(48)29-55-46(33-11-9-8-10-12-33,34-14-18-37(53-6)19-15-34)35-16-20-38(54-7)21-17-35/h8-12,14-21,25,27,30-31,36,39,49H,13,22-24,26,28-29H2,1-7H3,(H,47,50). The lowest BCUT2D eigenvalue weighted by molar-refractivity contribution is -0.150. The summed E-state index contributed by atoms with van der Waals surface area (Å²) in [6.45, 7) is 8.76. The molecule has 1 fully saturated rings. The lowest BCUT2D eigenvalue weighted by Crippen LogP contribution is -2.42. The molecule has 10 heteroatoms. The molecule has 10 nitrogen and oxygen atoms in total. The average Bonchev–Trinajstić information content (AvgIpc) is 3.62. The zero-order valence-electron chi connectivity index (χ0n) is 33.7. The molecule has 4 aromatic rings. The van der Waals surface area contributed by atoms with E-state index in [-0.39, 0.29) is 61.8 Å². The van der Waals surface area contributed by atoms with Crippen LogP contribution in [0.15, 0.2) is 91.0 Å². The number of hydrogen-bond acceptors (Lipinski definition) is 8. The van der Waals surface area contributed by atoms with Crippen molar-refractivity contribution in [1.82, 2.24) is 10.2 Å². The maximum absolute atomic E-state index is 14.3. The highest BCUT2D eigenvalue weighted by Crippen LogP contribution is 2.42. The van der Waals surface area contributed by atoms with Gasteiger partial charge in [-0.05, 0) is 82.0 Å². The molecule has 1 aliphatic rings. The van der Waals surface area contributed by atoms with Crippen molar-refractivity contribution in [2.45, 2.75) is 89.4 Å².